The number of hydrogen-bond donors (Lipinski definition) is 1. The fourth-order valence-corrected chi connectivity index (χ4v) is 1.85. The van der Waals surface area contributed by atoms with E-state index in [2.05, 4.69) is 11.8 Å². The third kappa shape index (κ3) is 3.73. The van der Waals surface area contributed by atoms with Gasteiger partial charge < -0.3 is 9.84 Å². The Kier molecular flexibility index (Phi) is 5.18. The van der Waals surface area contributed by atoms with Gasteiger partial charge in [0.2, 0.25) is 0 Å². The number of aliphatic carboxylic acids is 1. The minimum atomic E-state index is -0.786. The number of hydrogen-bond acceptors (Lipinski definition) is 4. The van der Waals surface area contributed by atoms with Gasteiger partial charge in [-0.2, -0.15) is 0 Å². The monoisotopic (exact) mass is 230 g/mol. The van der Waals surface area contributed by atoms with Crippen LogP contribution in [0.25, 0.3) is 0 Å². The molecule has 5 heteroatoms. The first-order valence-corrected chi connectivity index (χ1v) is 5.81. The minimum Gasteiger partial charge on any atom is -0.480 e. The number of ether oxygens (including phenoxy) is 1. The average Bonchev–Trinajstić information content (AvgIpc) is 2.28. The molecule has 0 spiro atoms. The predicted octanol–water partition coefficient (Wildman–Crippen LogP) is 0.112. The van der Waals surface area contributed by atoms with Crippen molar-refractivity contribution in [3.8, 4) is 0 Å². The van der Waals surface area contributed by atoms with E-state index in [1.165, 1.54) is 0 Å². The lowest BCUT2D eigenvalue weighted by atomic mass is 10.2. The van der Waals surface area contributed by atoms with Crippen LogP contribution in [0.5, 0.6) is 0 Å². The van der Waals surface area contributed by atoms with Crippen LogP contribution in [0.4, 0.5) is 0 Å². The molecule has 0 saturated carbocycles. The zero-order valence-electron chi connectivity index (χ0n) is 10.3. The summed E-state index contributed by atoms with van der Waals surface area (Å²) in [5.74, 6) is -0.786. The van der Waals surface area contributed by atoms with Gasteiger partial charge in [0.25, 0.3) is 0 Å². The maximum absolute atomic E-state index is 10.8. The Morgan fingerprint density at radius 2 is 2.38 bits per heavy atom. The Labute approximate surface area is 97.0 Å². The standard InChI is InChI=1S/C11H22N2O3/c1-4-13-5-6-16-10(8-13)7-12(3)9(2)11(14)15/h9-10H,4-8H2,1-3H3,(H,14,15). The summed E-state index contributed by atoms with van der Waals surface area (Å²) in [4.78, 5) is 15.0. The highest BCUT2D eigenvalue weighted by molar-refractivity contribution is 5.72. The molecular formula is C11H22N2O3. The van der Waals surface area contributed by atoms with Crippen LogP contribution in [0.15, 0.2) is 0 Å². The van der Waals surface area contributed by atoms with Crippen molar-refractivity contribution in [2.45, 2.75) is 26.0 Å². The summed E-state index contributed by atoms with van der Waals surface area (Å²) in [6.07, 6.45) is 0.125. The van der Waals surface area contributed by atoms with Crippen LogP contribution in [-0.2, 0) is 9.53 Å². The van der Waals surface area contributed by atoms with Crippen molar-refractivity contribution < 1.29 is 14.6 Å². The second kappa shape index (κ2) is 6.18. The van der Waals surface area contributed by atoms with Gasteiger partial charge in [-0.25, -0.2) is 0 Å². The molecule has 0 aliphatic carbocycles. The lowest BCUT2D eigenvalue weighted by Gasteiger charge is -2.35. The third-order valence-corrected chi connectivity index (χ3v) is 3.18. The maximum Gasteiger partial charge on any atom is 0.320 e. The Bertz CT molecular complexity index is 235. The summed E-state index contributed by atoms with van der Waals surface area (Å²) < 4.78 is 5.63. The third-order valence-electron chi connectivity index (χ3n) is 3.18. The highest BCUT2D eigenvalue weighted by Crippen LogP contribution is 2.07. The number of rotatable bonds is 5. The van der Waals surface area contributed by atoms with E-state index in [4.69, 9.17) is 9.84 Å². The van der Waals surface area contributed by atoms with E-state index in [0.29, 0.717) is 6.54 Å². The van der Waals surface area contributed by atoms with Crippen LogP contribution < -0.4 is 0 Å². The molecule has 1 aliphatic rings. The van der Waals surface area contributed by atoms with E-state index in [0.717, 1.165) is 26.2 Å². The molecule has 1 saturated heterocycles. The van der Waals surface area contributed by atoms with E-state index in [1.807, 2.05) is 11.9 Å². The second-order valence-electron chi connectivity index (χ2n) is 4.34. The molecule has 16 heavy (non-hydrogen) atoms. The van der Waals surface area contributed by atoms with Crippen LogP contribution in [0.2, 0.25) is 0 Å². The molecule has 2 atom stereocenters. The Hall–Kier alpha value is -0.650. The number of likely N-dealkylation sites (N-methyl/N-ethyl adjacent to an activating group) is 2. The summed E-state index contributed by atoms with van der Waals surface area (Å²) >= 11 is 0. The minimum absolute atomic E-state index is 0.125. The van der Waals surface area contributed by atoms with Crippen molar-refractivity contribution in [1.29, 1.82) is 0 Å². The summed E-state index contributed by atoms with van der Waals surface area (Å²) in [7, 11) is 1.83. The molecular weight excluding hydrogens is 208 g/mol. The van der Waals surface area contributed by atoms with Crippen LogP contribution in [0.3, 0.4) is 0 Å². The molecule has 1 fully saturated rings. The molecule has 0 aromatic rings. The molecule has 0 radical (unpaired) electrons. The average molecular weight is 230 g/mol. The van der Waals surface area contributed by atoms with E-state index < -0.39 is 12.0 Å². The number of carbonyl (C=O) groups is 1. The lowest BCUT2D eigenvalue weighted by molar-refractivity contribution is -0.143. The SMILES string of the molecule is CCN1CCOC(CN(C)C(C)C(=O)O)C1. The van der Waals surface area contributed by atoms with Gasteiger partial charge in [0.15, 0.2) is 0 Å². The van der Waals surface area contributed by atoms with Gasteiger partial charge in [0, 0.05) is 19.6 Å². The molecule has 5 nitrogen and oxygen atoms in total. The molecule has 0 aromatic carbocycles. The lowest BCUT2D eigenvalue weighted by Crippen LogP contribution is -2.49. The molecule has 1 aliphatic heterocycles. The van der Waals surface area contributed by atoms with E-state index in [1.54, 1.807) is 6.92 Å². The van der Waals surface area contributed by atoms with Crippen molar-refractivity contribution in [2.75, 3.05) is 39.8 Å². The number of morpholine rings is 1. The zero-order valence-corrected chi connectivity index (χ0v) is 10.3. The molecule has 2 unspecified atom stereocenters. The smallest absolute Gasteiger partial charge is 0.320 e. The molecule has 1 heterocycles. The van der Waals surface area contributed by atoms with Crippen molar-refractivity contribution in [3.63, 3.8) is 0 Å². The van der Waals surface area contributed by atoms with E-state index in [9.17, 15) is 4.79 Å². The Morgan fingerprint density at radius 1 is 1.69 bits per heavy atom. The normalized spacial score (nSPS) is 24.6. The van der Waals surface area contributed by atoms with Gasteiger partial charge in [0.05, 0.1) is 12.7 Å². The first kappa shape index (κ1) is 13.4. The Balaban J connectivity index is 2.38. The fourth-order valence-electron chi connectivity index (χ4n) is 1.85. The van der Waals surface area contributed by atoms with Crippen molar-refractivity contribution in [1.82, 2.24) is 9.80 Å². The molecule has 0 aromatic heterocycles. The van der Waals surface area contributed by atoms with E-state index in [-0.39, 0.29) is 6.10 Å². The predicted molar refractivity (Wildman–Crippen MR) is 61.6 cm³/mol. The van der Waals surface area contributed by atoms with Gasteiger partial charge in [-0.1, -0.05) is 6.92 Å². The molecule has 94 valence electrons. The van der Waals surface area contributed by atoms with Gasteiger partial charge in [-0.3, -0.25) is 14.6 Å². The zero-order chi connectivity index (χ0) is 12.1. The molecule has 1 rings (SSSR count). The number of carboxylic acids is 1. The Morgan fingerprint density at radius 3 is 2.94 bits per heavy atom. The maximum atomic E-state index is 10.8. The van der Waals surface area contributed by atoms with Gasteiger partial charge >= 0.3 is 5.97 Å². The summed E-state index contributed by atoms with van der Waals surface area (Å²) in [5, 5.41) is 8.89. The van der Waals surface area contributed by atoms with Crippen molar-refractivity contribution in [2.24, 2.45) is 0 Å². The van der Waals surface area contributed by atoms with Crippen LogP contribution in [0, 0.1) is 0 Å². The van der Waals surface area contributed by atoms with Gasteiger partial charge in [-0.05, 0) is 20.5 Å². The summed E-state index contributed by atoms with van der Waals surface area (Å²) in [6.45, 7) is 8.14. The first-order chi connectivity index (χ1) is 7.54. The highest BCUT2D eigenvalue weighted by Gasteiger charge is 2.24. The fraction of sp³-hybridized carbons (Fsp3) is 0.909. The topological polar surface area (TPSA) is 53.0 Å². The number of nitrogens with zero attached hydrogens (tertiary/aromatic N) is 2. The molecule has 0 amide bonds. The van der Waals surface area contributed by atoms with Crippen LogP contribution in [0.1, 0.15) is 13.8 Å². The van der Waals surface area contributed by atoms with Gasteiger partial charge in [-0.15, -0.1) is 0 Å². The number of carboxylic acid groups (broad SMARTS) is 1. The molecule has 1 N–H and O–H groups in total. The van der Waals surface area contributed by atoms with Gasteiger partial charge in [0.1, 0.15) is 6.04 Å². The summed E-state index contributed by atoms with van der Waals surface area (Å²) in [5.41, 5.74) is 0. The largest absolute Gasteiger partial charge is 0.480 e. The van der Waals surface area contributed by atoms with Crippen molar-refractivity contribution >= 4 is 5.97 Å². The summed E-state index contributed by atoms with van der Waals surface area (Å²) in [6, 6.07) is -0.458. The molecule has 0 bridgehead atoms. The highest BCUT2D eigenvalue weighted by atomic mass is 16.5. The van der Waals surface area contributed by atoms with Crippen LogP contribution >= 0.6 is 0 Å². The quantitative estimate of drug-likeness (QED) is 0.726. The van der Waals surface area contributed by atoms with E-state index >= 15 is 0 Å². The first-order valence-electron chi connectivity index (χ1n) is 5.81. The van der Waals surface area contributed by atoms with Crippen LogP contribution in [-0.4, -0.2) is 72.9 Å². The second-order valence-corrected chi connectivity index (χ2v) is 4.34. The van der Waals surface area contributed by atoms with Crippen molar-refractivity contribution in [3.05, 3.63) is 0 Å².